The van der Waals surface area contributed by atoms with E-state index in [0.29, 0.717) is 18.8 Å². The molecule has 0 aromatic heterocycles. The normalized spacial score (nSPS) is 20.4. The summed E-state index contributed by atoms with van der Waals surface area (Å²) in [5, 5.41) is -0.111. The fourth-order valence-corrected chi connectivity index (χ4v) is 4.06. The summed E-state index contributed by atoms with van der Waals surface area (Å²) in [5.41, 5.74) is 1.41. The van der Waals surface area contributed by atoms with Crippen molar-refractivity contribution in [3.05, 3.63) is 53.3 Å². The Morgan fingerprint density at radius 2 is 1.66 bits per heavy atom. The van der Waals surface area contributed by atoms with Crippen LogP contribution in [-0.2, 0) is 9.59 Å². The first kappa shape index (κ1) is 19.7. The molecule has 4 rings (SSSR count). The van der Waals surface area contributed by atoms with Crippen molar-refractivity contribution >= 4 is 34.8 Å². The molecule has 152 valence electrons. The minimum Gasteiger partial charge on any atom is -0.497 e. The minimum absolute atomic E-state index is 0.111. The zero-order chi connectivity index (χ0) is 20.5. The summed E-state index contributed by atoms with van der Waals surface area (Å²) in [6.45, 7) is 2.86. The molecule has 2 aliphatic heterocycles. The molecule has 0 N–H and O–H groups in total. The van der Waals surface area contributed by atoms with Crippen molar-refractivity contribution < 1.29 is 18.7 Å². The number of carbonyl (C=O) groups is 2. The Morgan fingerprint density at radius 3 is 2.28 bits per heavy atom. The lowest BCUT2D eigenvalue weighted by Crippen LogP contribution is -2.52. The smallest absolute Gasteiger partial charge is 0.251 e. The summed E-state index contributed by atoms with van der Waals surface area (Å²) < 4.78 is 18.6. The molecular formula is C21H21ClFN3O3. The van der Waals surface area contributed by atoms with E-state index in [1.54, 1.807) is 7.11 Å². The molecule has 2 aromatic rings. The van der Waals surface area contributed by atoms with Crippen LogP contribution in [0.2, 0.25) is 5.02 Å². The number of carbonyl (C=O) groups excluding carboxylic acids is 2. The molecule has 2 amide bonds. The zero-order valence-corrected chi connectivity index (χ0v) is 16.7. The number of hydrogen-bond acceptors (Lipinski definition) is 5. The van der Waals surface area contributed by atoms with Crippen LogP contribution < -0.4 is 14.5 Å². The van der Waals surface area contributed by atoms with Crippen LogP contribution in [-0.4, -0.2) is 56.0 Å². The lowest BCUT2D eigenvalue weighted by molar-refractivity contribution is -0.123. The number of imide groups is 1. The van der Waals surface area contributed by atoms with E-state index in [4.69, 9.17) is 16.3 Å². The highest BCUT2D eigenvalue weighted by Crippen LogP contribution is 2.30. The van der Waals surface area contributed by atoms with Gasteiger partial charge < -0.3 is 9.64 Å². The van der Waals surface area contributed by atoms with Crippen molar-refractivity contribution in [1.29, 1.82) is 0 Å². The molecule has 0 bridgehead atoms. The predicted octanol–water partition coefficient (Wildman–Crippen LogP) is 2.94. The Hall–Kier alpha value is -2.64. The van der Waals surface area contributed by atoms with Gasteiger partial charge in [0.05, 0.1) is 30.3 Å². The molecule has 2 aliphatic rings. The molecule has 0 spiro atoms. The fourth-order valence-electron chi connectivity index (χ4n) is 3.88. The van der Waals surface area contributed by atoms with Crippen molar-refractivity contribution in [3.8, 4) is 5.75 Å². The van der Waals surface area contributed by atoms with Gasteiger partial charge in [-0.15, -0.1) is 0 Å². The lowest BCUT2D eigenvalue weighted by atomic mass is 10.1. The van der Waals surface area contributed by atoms with E-state index < -0.39 is 11.9 Å². The van der Waals surface area contributed by atoms with Crippen molar-refractivity contribution in [1.82, 2.24) is 4.90 Å². The SMILES string of the molecule is COc1ccc(N2CCN([C@@H]3CC(=O)N(c4ccc(F)c(Cl)c4)C3=O)CC2)cc1. The molecule has 2 aromatic carbocycles. The Kier molecular flexibility index (Phi) is 5.43. The van der Waals surface area contributed by atoms with Crippen LogP contribution in [0.5, 0.6) is 5.75 Å². The number of piperazine rings is 1. The predicted molar refractivity (Wildman–Crippen MR) is 109 cm³/mol. The van der Waals surface area contributed by atoms with E-state index in [9.17, 15) is 14.0 Å². The first-order valence-corrected chi connectivity index (χ1v) is 9.80. The summed E-state index contributed by atoms with van der Waals surface area (Å²) in [5.74, 6) is -0.347. The number of methoxy groups -OCH3 is 1. The third-order valence-corrected chi connectivity index (χ3v) is 5.77. The summed E-state index contributed by atoms with van der Waals surface area (Å²) in [6.07, 6.45) is 0.121. The van der Waals surface area contributed by atoms with Gasteiger partial charge in [0.15, 0.2) is 0 Å². The van der Waals surface area contributed by atoms with Gasteiger partial charge in [-0.1, -0.05) is 11.6 Å². The minimum atomic E-state index is -0.583. The monoisotopic (exact) mass is 417 g/mol. The summed E-state index contributed by atoms with van der Waals surface area (Å²) >= 11 is 5.82. The molecule has 0 saturated carbocycles. The van der Waals surface area contributed by atoms with E-state index in [1.807, 2.05) is 29.2 Å². The molecular weight excluding hydrogens is 397 g/mol. The van der Waals surface area contributed by atoms with Gasteiger partial charge >= 0.3 is 0 Å². The average Bonchev–Trinajstić information content (AvgIpc) is 3.04. The molecule has 2 heterocycles. The summed E-state index contributed by atoms with van der Waals surface area (Å²) in [4.78, 5) is 30.8. The van der Waals surface area contributed by atoms with Crippen LogP contribution in [0.15, 0.2) is 42.5 Å². The van der Waals surface area contributed by atoms with Gasteiger partial charge in [0, 0.05) is 31.9 Å². The quantitative estimate of drug-likeness (QED) is 0.716. The largest absolute Gasteiger partial charge is 0.497 e. The number of nitrogens with zero attached hydrogens (tertiary/aromatic N) is 3. The van der Waals surface area contributed by atoms with Gasteiger partial charge in [-0.05, 0) is 42.5 Å². The average molecular weight is 418 g/mol. The third-order valence-electron chi connectivity index (χ3n) is 5.48. The Labute approximate surface area is 173 Å². The second-order valence-corrected chi connectivity index (χ2v) is 7.51. The Morgan fingerprint density at radius 1 is 1.00 bits per heavy atom. The standard InChI is InChI=1S/C21H21ClFN3O3/c1-29-16-5-2-14(3-6-16)24-8-10-25(11-9-24)19-13-20(27)26(21(19)28)15-4-7-18(23)17(22)12-15/h2-7,12,19H,8-11,13H2,1H3/t19-/m1/s1. The molecule has 2 fully saturated rings. The van der Waals surface area contributed by atoms with Crippen LogP contribution in [0.1, 0.15) is 6.42 Å². The van der Waals surface area contributed by atoms with Gasteiger partial charge in [-0.2, -0.15) is 0 Å². The number of anilines is 2. The number of rotatable bonds is 4. The van der Waals surface area contributed by atoms with Crippen LogP contribution in [0, 0.1) is 5.82 Å². The van der Waals surface area contributed by atoms with Crippen LogP contribution in [0.3, 0.4) is 0 Å². The zero-order valence-electron chi connectivity index (χ0n) is 16.0. The first-order valence-electron chi connectivity index (χ1n) is 9.43. The van der Waals surface area contributed by atoms with E-state index in [1.165, 1.54) is 18.2 Å². The molecule has 8 heteroatoms. The molecule has 29 heavy (non-hydrogen) atoms. The van der Waals surface area contributed by atoms with E-state index >= 15 is 0 Å². The number of halogens is 2. The molecule has 0 aliphatic carbocycles. The van der Waals surface area contributed by atoms with Gasteiger partial charge in [0.2, 0.25) is 5.91 Å². The second kappa shape index (κ2) is 8.00. The maximum atomic E-state index is 13.4. The third kappa shape index (κ3) is 3.80. The van der Waals surface area contributed by atoms with Crippen molar-refractivity contribution in [2.75, 3.05) is 43.1 Å². The maximum Gasteiger partial charge on any atom is 0.251 e. The van der Waals surface area contributed by atoms with Gasteiger partial charge in [0.1, 0.15) is 11.6 Å². The Balaban J connectivity index is 1.42. The number of amides is 2. The summed E-state index contributed by atoms with van der Waals surface area (Å²) in [7, 11) is 1.64. The second-order valence-electron chi connectivity index (χ2n) is 7.11. The van der Waals surface area contributed by atoms with Crippen LogP contribution in [0.25, 0.3) is 0 Å². The first-order chi connectivity index (χ1) is 14.0. The van der Waals surface area contributed by atoms with Gasteiger partial charge in [-0.25, -0.2) is 9.29 Å². The van der Waals surface area contributed by atoms with Crippen LogP contribution in [0.4, 0.5) is 15.8 Å². The van der Waals surface area contributed by atoms with Crippen LogP contribution >= 0.6 is 11.6 Å². The van der Waals surface area contributed by atoms with Gasteiger partial charge in [0.25, 0.3) is 5.91 Å². The van der Waals surface area contributed by atoms with Crippen molar-refractivity contribution in [2.24, 2.45) is 0 Å². The lowest BCUT2D eigenvalue weighted by Gasteiger charge is -2.38. The van der Waals surface area contributed by atoms with Crippen molar-refractivity contribution in [3.63, 3.8) is 0 Å². The highest BCUT2D eigenvalue weighted by Gasteiger charge is 2.43. The number of ether oxygens (including phenoxy) is 1. The Bertz CT molecular complexity index is 929. The highest BCUT2D eigenvalue weighted by atomic mass is 35.5. The molecule has 0 unspecified atom stereocenters. The molecule has 1 atom stereocenters. The molecule has 2 saturated heterocycles. The molecule has 0 radical (unpaired) electrons. The fraction of sp³-hybridized carbons (Fsp3) is 0.333. The highest BCUT2D eigenvalue weighted by molar-refractivity contribution is 6.31. The van der Waals surface area contributed by atoms with E-state index in [2.05, 4.69) is 4.90 Å². The van der Waals surface area contributed by atoms with Crippen molar-refractivity contribution in [2.45, 2.75) is 12.5 Å². The van der Waals surface area contributed by atoms with Gasteiger partial charge in [-0.3, -0.25) is 14.5 Å². The topological polar surface area (TPSA) is 53.1 Å². The summed E-state index contributed by atoms with van der Waals surface area (Å²) in [6, 6.07) is 11.3. The maximum absolute atomic E-state index is 13.4. The number of benzene rings is 2. The number of hydrogen-bond donors (Lipinski definition) is 0. The van der Waals surface area contributed by atoms with E-state index in [0.717, 1.165) is 29.4 Å². The molecule has 6 nitrogen and oxygen atoms in total. The van der Waals surface area contributed by atoms with E-state index in [-0.39, 0.29) is 23.3 Å².